The van der Waals surface area contributed by atoms with Gasteiger partial charge in [0.2, 0.25) is 12.7 Å². The van der Waals surface area contributed by atoms with Gasteiger partial charge >= 0.3 is 11.9 Å². The Bertz CT molecular complexity index is 1610. The number of pyridine rings is 1. The quantitative estimate of drug-likeness (QED) is 0.454. The number of hydrogen-bond donors (Lipinski definition) is 1. The van der Waals surface area contributed by atoms with Gasteiger partial charge in [-0.3, -0.25) is 18.7 Å². The lowest BCUT2D eigenvalue weighted by Crippen LogP contribution is -2.42. The molecule has 12 heteroatoms. The molecule has 4 aromatic rings. The van der Waals surface area contributed by atoms with E-state index in [9.17, 15) is 27.6 Å². The number of aromatic nitrogens is 3. The van der Waals surface area contributed by atoms with Crippen LogP contribution in [0.3, 0.4) is 0 Å². The third-order valence-electron chi connectivity index (χ3n) is 5.57. The average Bonchev–Trinajstić information content (AvgIpc) is 3.32. The van der Waals surface area contributed by atoms with Crippen molar-refractivity contribution in [1.82, 2.24) is 14.1 Å². The first-order chi connectivity index (χ1) is 17.2. The molecule has 3 heterocycles. The van der Waals surface area contributed by atoms with Crippen LogP contribution in [0.2, 0.25) is 0 Å². The highest BCUT2D eigenvalue weighted by Gasteiger charge is 2.33. The second-order valence-corrected chi connectivity index (χ2v) is 7.91. The van der Waals surface area contributed by atoms with Crippen LogP contribution < -0.4 is 26.0 Å². The van der Waals surface area contributed by atoms with E-state index in [0.29, 0.717) is 17.1 Å². The molecule has 1 amide bonds. The molecule has 0 fully saturated rings. The maximum Gasteiger partial charge on any atom is 0.418 e. The summed E-state index contributed by atoms with van der Waals surface area (Å²) in [7, 11) is 0. The summed E-state index contributed by atoms with van der Waals surface area (Å²) in [5.74, 6) is 0.106. The fourth-order valence-electron chi connectivity index (χ4n) is 3.93. The highest BCUT2D eigenvalue weighted by Crippen LogP contribution is 2.34. The van der Waals surface area contributed by atoms with Crippen LogP contribution in [0.1, 0.15) is 11.1 Å². The molecule has 0 saturated carbocycles. The summed E-state index contributed by atoms with van der Waals surface area (Å²) in [6.45, 7) is -0.744. The molecular weight excluding hydrogens is 481 g/mol. The number of carbonyl (C=O) groups excluding carboxylic acids is 1. The van der Waals surface area contributed by atoms with Crippen molar-refractivity contribution >= 4 is 22.6 Å². The van der Waals surface area contributed by atoms with Crippen LogP contribution in [0, 0.1) is 0 Å². The van der Waals surface area contributed by atoms with Crippen molar-refractivity contribution in [2.45, 2.75) is 19.3 Å². The number of nitrogens with one attached hydrogen (secondary N) is 1. The van der Waals surface area contributed by atoms with Gasteiger partial charge in [-0.25, -0.2) is 9.78 Å². The van der Waals surface area contributed by atoms with Gasteiger partial charge in [-0.05, 0) is 42.0 Å². The summed E-state index contributed by atoms with van der Waals surface area (Å²) < 4.78 is 52.5. The second-order valence-electron chi connectivity index (χ2n) is 7.91. The van der Waals surface area contributed by atoms with E-state index >= 15 is 0 Å². The van der Waals surface area contributed by atoms with Gasteiger partial charge in [-0.1, -0.05) is 18.2 Å². The van der Waals surface area contributed by atoms with Crippen molar-refractivity contribution in [3.8, 4) is 11.5 Å². The molecule has 2 aromatic heterocycles. The number of amides is 1. The van der Waals surface area contributed by atoms with Crippen LogP contribution in [-0.2, 0) is 24.1 Å². The Morgan fingerprint density at radius 1 is 1.00 bits per heavy atom. The van der Waals surface area contributed by atoms with Crippen molar-refractivity contribution in [1.29, 1.82) is 0 Å². The topological polar surface area (TPSA) is 104 Å². The van der Waals surface area contributed by atoms with E-state index < -0.39 is 41.1 Å². The molecule has 36 heavy (non-hydrogen) atoms. The van der Waals surface area contributed by atoms with Gasteiger partial charge in [0.25, 0.3) is 5.56 Å². The third-order valence-corrected chi connectivity index (χ3v) is 5.57. The number of benzene rings is 2. The molecule has 0 spiro atoms. The molecule has 1 aliphatic heterocycles. The molecule has 0 aliphatic carbocycles. The van der Waals surface area contributed by atoms with E-state index in [2.05, 4.69) is 10.3 Å². The van der Waals surface area contributed by atoms with Gasteiger partial charge in [0.15, 0.2) is 17.0 Å². The maximum absolute atomic E-state index is 13.3. The molecule has 0 bridgehead atoms. The van der Waals surface area contributed by atoms with Crippen LogP contribution in [0.5, 0.6) is 11.5 Å². The summed E-state index contributed by atoms with van der Waals surface area (Å²) in [6, 6.07) is 12.4. The van der Waals surface area contributed by atoms with Crippen molar-refractivity contribution in [2.75, 3.05) is 12.1 Å². The Morgan fingerprint density at radius 2 is 1.78 bits per heavy atom. The first-order valence-corrected chi connectivity index (χ1v) is 10.7. The number of halogens is 3. The maximum atomic E-state index is 13.3. The summed E-state index contributed by atoms with van der Waals surface area (Å²) in [6.07, 6.45) is -3.32. The highest BCUT2D eigenvalue weighted by molar-refractivity contribution is 5.92. The average molecular weight is 498 g/mol. The van der Waals surface area contributed by atoms with Gasteiger partial charge in [-0.2, -0.15) is 13.2 Å². The molecular formula is C24H17F3N4O5. The van der Waals surface area contributed by atoms with Crippen LogP contribution in [0.4, 0.5) is 18.9 Å². The monoisotopic (exact) mass is 498 g/mol. The predicted octanol–water partition coefficient (Wildman–Crippen LogP) is 2.99. The lowest BCUT2D eigenvalue weighted by Gasteiger charge is -2.16. The van der Waals surface area contributed by atoms with E-state index in [4.69, 9.17) is 9.47 Å². The van der Waals surface area contributed by atoms with Crippen molar-refractivity contribution in [2.24, 2.45) is 0 Å². The molecule has 9 nitrogen and oxygen atoms in total. The first-order valence-electron chi connectivity index (χ1n) is 10.7. The lowest BCUT2D eigenvalue weighted by molar-refractivity contribution is -0.137. The van der Waals surface area contributed by atoms with E-state index in [1.54, 1.807) is 18.2 Å². The van der Waals surface area contributed by atoms with Crippen LogP contribution in [-0.4, -0.2) is 26.8 Å². The van der Waals surface area contributed by atoms with Crippen molar-refractivity contribution in [3.63, 3.8) is 0 Å². The van der Waals surface area contributed by atoms with Crippen LogP contribution in [0.15, 0.2) is 70.4 Å². The molecule has 0 atom stereocenters. The Balaban J connectivity index is 1.52. The molecule has 184 valence electrons. The normalized spacial score (nSPS) is 12.6. The summed E-state index contributed by atoms with van der Waals surface area (Å²) in [4.78, 5) is 43.2. The fourth-order valence-corrected chi connectivity index (χ4v) is 3.93. The van der Waals surface area contributed by atoms with Gasteiger partial charge in [-0.15, -0.1) is 0 Å². The van der Waals surface area contributed by atoms with Crippen molar-refractivity contribution < 1.29 is 27.4 Å². The predicted molar refractivity (Wildman–Crippen MR) is 122 cm³/mol. The SMILES string of the molecule is O=C(Cn1c(=O)n(Cc2ccc3c(c2)OCO3)c(=O)c2ncccc21)Nc1ccccc1C(F)(F)F. The number of hydrogen-bond acceptors (Lipinski definition) is 6. The fraction of sp³-hybridized carbons (Fsp3) is 0.167. The molecule has 0 unspecified atom stereocenters. The number of rotatable bonds is 5. The Hall–Kier alpha value is -4.61. The molecule has 2 aromatic carbocycles. The lowest BCUT2D eigenvalue weighted by atomic mass is 10.1. The molecule has 0 radical (unpaired) electrons. The zero-order chi connectivity index (χ0) is 25.4. The van der Waals surface area contributed by atoms with Gasteiger partial charge in [0, 0.05) is 6.20 Å². The van der Waals surface area contributed by atoms with Crippen LogP contribution >= 0.6 is 0 Å². The molecule has 0 saturated heterocycles. The first kappa shape index (κ1) is 23.1. The molecule has 5 rings (SSSR count). The van der Waals surface area contributed by atoms with E-state index in [0.717, 1.165) is 21.3 Å². The minimum Gasteiger partial charge on any atom is -0.454 e. The van der Waals surface area contributed by atoms with Crippen molar-refractivity contribution in [3.05, 3.63) is 92.8 Å². The van der Waals surface area contributed by atoms with Gasteiger partial charge in [0.1, 0.15) is 6.54 Å². The van der Waals surface area contributed by atoms with Crippen LogP contribution in [0.25, 0.3) is 11.0 Å². The van der Waals surface area contributed by atoms with E-state index in [1.807, 2.05) is 0 Å². The zero-order valence-electron chi connectivity index (χ0n) is 18.4. The van der Waals surface area contributed by atoms with Gasteiger partial charge in [0.05, 0.1) is 23.3 Å². The number of ether oxygens (including phenoxy) is 2. The molecule has 1 N–H and O–H groups in total. The minimum absolute atomic E-state index is 0.0536. The molecule has 1 aliphatic rings. The largest absolute Gasteiger partial charge is 0.454 e. The number of fused-ring (bicyclic) bond motifs is 2. The summed E-state index contributed by atoms with van der Waals surface area (Å²) in [5.41, 5.74) is -2.40. The Labute approximate surface area is 200 Å². The standard InChI is InChI=1S/C24H17F3N4O5/c25-24(26,27)15-4-1-2-5-16(15)29-20(32)12-30-17-6-3-9-28-21(17)22(33)31(23(30)34)11-14-7-8-18-19(10-14)36-13-35-18/h1-10H,11-13H2,(H,29,32). The Kier molecular flexibility index (Phi) is 5.71. The smallest absolute Gasteiger partial charge is 0.418 e. The minimum atomic E-state index is -4.69. The number of carbonyl (C=O) groups is 1. The number of para-hydroxylation sites is 1. The van der Waals surface area contributed by atoms with E-state index in [1.165, 1.54) is 30.5 Å². The third kappa shape index (κ3) is 4.28. The number of anilines is 1. The number of alkyl halides is 3. The number of nitrogens with zero attached hydrogens (tertiary/aromatic N) is 3. The zero-order valence-corrected chi connectivity index (χ0v) is 18.4. The summed E-state index contributed by atoms with van der Waals surface area (Å²) >= 11 is 0. The van der Waals surface area contributed by atoms with E-state index in [-0.39, 0.29) is 24.4 Å². The second kappa shape index (κ2) is 8.87. The summed E-state index contributed by atoms with van der Waals surface area (Å²) in [5, 5.41) is 2.21. The highest BCUT2D eigenvalue weighted by atomic mass is 19.4. The van der Waals surface area contributed by atoms with Gasteiger partial charge < -0.3 is 14.8 Å². The Morgan fingerprint density at radius 3 is 2.58 bits per heavy atom.